The summed E-state index contributed by atoms with van der Waals surface area (Å²) in [5.74, 6) is 0.981. The van der Waals surface area contributed by atoms with Crippen LogP contribution >= 0.6 is 0 Å². The molecule has 3 aliphatic heterocycles. The summed E-state index contributed by atoms with van der Waals surface area (Å²) in [7, 11) is 4.21. The lowest BCUT2D eigenvalue weighted by Gasteiger charge is -2.38. The highest BCUT2D eigenvalue weighted by Gasteiger charge is 2.38. The molecular formula is C26H63N5. The van der Waals surface area contributed by atoms with Gasteiger partial charge < -0.3 is 26.2 Å². The molecule has 3 saturated heterocycles. The van der Waals surface area contributed by atoms with Gasteiger partial charge in [-0.25, -0.2) is 0 Å². The van der Waals surface area contributed by atoms with E-state index in [0.29, 0.717) is 5.41 Å². The van der Waals surface area contributed by atoms with Crippen LogP contribution in [0.4, 0.5) is 0 Å². The molecule has 5 nitrogen and oxygen atoms in total. The maximum atomic E-state index is 3.38. The van der Waals surface area contributed by atoms with Gasteiger partial charge in [0.15, 0.2) is 0 Å². The molecule has 31 heavy (non-hydrogen) atoms. The maximum absolute atomic E-state index is 3.38. The Morgan fingerprint density at radius 3 is 1.74 bits per heavy atom. The van der Waals surface area contributed by atoms with Crippen LogP contribution in [0.3, 0.4) is 0 Å². The van der Waals surface area contributed by atoms with Crippen LogP contribution in [0.2, 0.25) is 0 Å². The Morgan fingerprint density at radius 1 is 0.871 bits per heavy atom. The maximum Gasteiger partial charge on any atom is 0.0118 e. The van der Waals surface area contributed by atoms with Crippen molar-refractivity contribution in [2.24, 2.45) is 11.3 Å². The van der Waals surface area contributed by atoms with E-state index in [9.17, 15) is 0 Å². The Bertz CT molecular complexity index is 309. The summed E-state index contributed by atoms with van der Waals surface area (Å²) in [6.07, 6.45) is 5.50. The number of hydrogen-bond acceptors (Lipinski definition) is 5. The average molecular weight is 446 g/mol. The molecule has 5 heteroatoms. The van der Waals surface area contributed by atoms with Crippen molar-refractivity contribution < 1.29 is 0 Å². The minimum Gasteiger partial charge on any atom is -0.318 e. The fraction of sp³-hybridized carbons (Fsp3) is 1.00. The number of likely N-dealkylation sites (N-methyl/N-ethyl adjacent to an activating group) is 2. The zero-order valence-electron chi connectivity index (χ0n) is 23.6. The molecular weight excluding hydrogens is 382 g/mol. The van der Waals surface area contributed by atoms with Gasteiger partial charge in [0.1, 0.15) is 0 Å². The molecule has 3 fully saturated rings. The van der Waals surface area contributed by atoms with Crippen molar-refractivity contribution in [3.63, 3.8) is 0 Å². The fourth-order valence-corrected chi connectivity index (χ4v) is 4.17. The lowest BCUT2D eigenvalue weighted by molar-refractivity contribution is 0.197. The van der Waals surface area contributed by atoms with Gasteiger partial charge in [-0.05, 0) is 58.9 Å². The summed E-state index contributed by atoms with van der Waals surface area (Å²) in [6.45, 7) is 28.2. The molecule has 3 rings (SSSR count). The van der Waals surface area contributed by atoms with Crippen LogP contribution in [-0.2, 0) is 0 Å². The van der Waals surface area contributed by atoms with Gasteiger partial charge in [-0.1, -0.05) is 68.7 Å². The molecule has 2 unspecified atom stereocenters. The van der Waals surface area contributed by atoms with E-state index >= 15 is 0 Å². The van der Waals surface area contributed by atoms with Crippen molar-refractivity contribution in [2.45, 2.75) is 94.0 Å². The van der Waals surface area contributed by atoms with Gasteiger partial charge in [0.25, 0.3) is 0 Å². The topological polar surface area (TPSA) is 51.4 Å². The van der Waals surface area contributed by atoms with E-state index in [1.807, 2.05) is 48.6 Å². The van der Waals surface area contributed by atoms with Crippen LogP contribution in [0.15, 0.2) is 0 Å². The molecule has 3 aliphatic rings. The summed E-state index contributed by atoms with van der Waals surface area (Å²) < 4.78 is 0. The lowest BCUT2D eigenvalue weighted by Crippen LogP contribution is -2.54. The van der Waals surface area contributed by atoms with E-state index in [1.54, 1.807) is 0 Å². The first kappa shape index (κ1) is 35.4. The summed E-state index contributed by atoms with van der Waals surface area (Å²) >= 11 is 0. The van der Waals surface area contributed by atoms with Crippen molar-refractivity contribution in [3.8, 4) is 0 Å². The third-order valence-electron chi connectivity index (χ3n) is 6.04. The predicted molar refractivity (Wildman–Crippen MR) is 144 cm³/mol. The van der Waals surface area contributed by atoms with Crippen LogP contribution in [0.25, 0.3) is 0 Å². The highest BCUT2D eigenvalue weighted by Crippen LogP contribution is 2.29. The van der Waals surface area contributed by atoms with Gasteiger partial charge in [-0.2, -0.15) is 0 Å². The Balaban J connectivity index is -0.000000342. The lowest BCUT2D eigenvalue weighted by atomic mass is 9.81. The first-order valence-electron chi connectivity index (χ1n) is 13.6. The molecule has 0 aromatic rings. The summed E-state index contributed by atoms with van der Waals surface area (Å²) in [5, 5.41) is 12.9. The van der Waals surface area contributed by atoms with Gasteiger partial charge in [0.2, 0.25) is 0 Å². The van der Waals surface area contributed by atoms with E-state index in [2.05, 4.69) is 54.0 Å². The molecule has 0 aromatic heterocycles. The van der Waals surface area contributed by atoms with Crippen molar-refractivity contribution in [1.82, 2.24) is 26.2 Å². The van der Waals surface area contributed by atoms with Crippen LogP contribution in [0, 0.1) is 11.3 Å². The molecule has 3 heterocycles. The molecule has 0 radical (unpaired) electrons. The fourth-order valence-electron chi connectivity index (χ4n) is 4.17. The second-order valence-corrected chi connectivity index (χ2v) is 7.90. The Labute approximate surface area is 198 Å². The molecule has 0 aromatic carbocycles. The Morgan fingerprint density at radius 2 is 1.45 bits per heavy atom. The predicted octanol–water partition coefficient (Wildman–Crippen LogP) is 4.59. The molecule has 1 spiro atoms. The van der Waals surface area contributed by atoms with Crippen molar-refractivity contribution in [3.05, 3.63) is 0 Å². The van der Waals surface area contributed by atoms with Crippen LogP contribution in [0.1, 0.15) is 88.0 Å². The van der Waals surface area contributed by atoms with Crippen LogP contribution < -0.4 is 21.3 Å². The quantitative estimate of drug-likeness (QED) is 0.451. The Kier molecular flexibility index (Phi) is 29.7. The number of likely N-dealkylation sites (tertiary alicyclic amines) is 1. The SMILES string of the molecule is C1CC2(CN1)CNC2.CC.CC.CC.CCC1CCN(C)C1CC.CCNCCNC. The smallest absolute Gasteiger partial charge is 0.0118 e. The van der Waals surface area contributed by atoms with Crippen molar-refractivity contribution in [1.29, 1.82) is 0 Å². The third-order valence-corrected chi connectivity index (χ3v) is 6.04. The molecule has 0 bridgehead atoms. The zero-order chi connectivity index (χ0) is 24.5. The second-order valence-electron chi connectivity index (χ2n) is 7.90. The first-order valence-corrected chi connectivity index (χ1v) is 13.6. The molecule has 2 atom stereocenters. The molecule has 192 valence electrons. The monoisotopic (exact) mass is 446 g/mol. The number of rotatable bonds is 6. The number of hydrogen-bond donors (Lipinski definition) is 4. The van der Waals surface area contributed by atoms with Gasteiger partial charge in [-0.15, -0.1) is 0 Å². The largest absolute Gasteiger partial charge is 0.318 e. The minimum atomic E-state index is 0.694. The van der Waals surface area contributed by atoms with Gasteiger partial charge >= 0.3 is 0 Å². The van der Waals surface area contributed by atoms with E-state index in [0.717, 1.165) is 31.6 Å². The van der Waals surface area contributed by atoms with E-state index in [1.165, 1.54) is 58.4 Å². The number of nitrogens with zero attached hydrogens (tertiary/aromatic N) is 1. The highest BCUT2D eigenvalue weighted by molar-refractivity contribution is 4.97. The van der Waals surface area contributed by atoms with Gasteiger partial charge in [0, 0.05) is 44.2 Å². The van der Waals surface area contributed by atoms with Crippen LogP contribution in [0.5, 0.6) is 0 Å². The van der Waals surface area contributed by atoms with Gasteiger partial charge in [0.05, 0.1) is 0 Å². The summed E-state index contributed by atoms with van der Waals surface area (Å²) in [6, 6.07) is 0.880. The zero-order valence-corrected chi connectivity index (χ0v) is 23.6. The molecule has 0 aliphatic carbocycles. The van der Waals surface area contributed by atoms with Crippen molar-refractivity contribution >= 4 is 0 Å². The normalized spacial score (nSPS) is 22.5. The standard InChI is InChI=1S/C9H19N.C6H12N2.C5H14N2.3C2H6/c1-4-8-6-7-10(3)9(8)5-2;1-2-7-3-6(1)4-8-5-6;1-3-7-5-4-6-2;3*1-2/h8-9H,4-7H2,1-3H3;7-8H,1-5H2;6-7H,3-5H2,1-2H3;3*1-2H3. The third kappa shape index (κ3) is 16.1. The van der Waals surface area contributed by atoms with E-state index in [-0.39, 0.29) is 0 Å². The van der Waals surface area contributed by atoms with Gasteiger partial charge in [-0.3, -0.25) is 0 Å². The summed E-state index contributed by atoms with van der Waals surface area (Å²) in [5.41, 5.74) is 0.694. The number of nitrogens with one attached hydrogen (secondary N) is 4. The van der Waals surface area contributed by atoms with Crippen molar-refractivity contribution in [2.75, 3.05) is 66.5 Å². The molecule has 0 saturated carbocycles. The highest BCUT2D eigenvalue weighted by atomic mass is 15.2. The van der Waals surface area contributed by atoms with E-state index in [4.69, 9.17) is 0 Å². The van der Waals surface area contributed by atoms with E-state index < -0.39 is 0 Å². The summed E-state index contributed by atoms with van der Waals surface area (Å²) in [4.78, 5) is 2.51. The molecule has 4 N–H and O–H groups in total. The second kappa shape index (κ2) is 26.1. The Hall–Kier alpha value is -0.200. The first-order chi connectivity index (χ1) is 15.1. The average Bonchev–Trinajstić information content (AvgIpc) is 3.46. The minimum absolute atomic E-state index is 0.694. The van der Waals surface area contributed by atoms with Crippen LogP contribution in [-0.4, -0.2) is 77.4 Å². The molecule has 0 amide bonds.